The van der Waals surface area contributed by atoms with Crippen LogP contribution in [0.4, 0.5) is 0 Å². The molecule has 0 aliphatic heterocycles. The van der Waals surface area contributed by atoms with E-state index in [4.69, 9.17) is 4.52 Å². The molecule has 0 unspecified atom stereocenters. The molecule has 0 spiro atoms. The summed E-state index contributed by atoms with van der Waals surface area (Å²) in [6.07, 6.45) is 2.68. The number of aryl methyl sites for hydroxylation is 1. The number of aldehydes is 1. The molecule has 0 amide bonds. The molecule has 4 rings (SSSR count). The zero-order valence-corrected chi connectivity index (χ0v) is 15.8. The molecule has 0 bridgehead atoms. The van der Waals surface area contributed by atoms with Gasteiger partial charge in [-0.3, -0.25) is 4.79 Å². The Morgan fingerprint density at radius 3 is 2.71 bits per heavy atom. The Balaban J connectivity index is 1.78. The van der Waals surface area contributed by atoms with Crippen LogP contribution in [0.15, 0.2) is 47.1 Å². The first-order valence-electron chi connectivity index (χ1n) is 8.96. The van der Waals surface area contributed by atoms with Crippen molar-refractivity contribution in [3.63, 3.8) is 0 Å². The van der Waals surface area contributed by atoms with E-state index in [9.17, 15) is 10.1 Å². The predicted molar refractivity (Wildman–Crippen MR) is 106 cm³/mol. The molecule has 0 N–H and O–H groups in total. The first kappa shape index (κ1) is 17.7. The van der Waals surface area contributed by atoms with Crippen LogP contribution in [0.5, 0.6) is 0 Å². The summed E-state index contributed by atoms with van der Waals surface area (Å²) in [4.78, 5) is 15.4. The second-order valence-electron chi connectivity index (χ2n) is 7.00. The topological polar surface area (TPSA) is 84.7 Å². The number of hydrogen-bond acceptors (Lipinski definition) is 5. The van der Waals surface area contributed by atoms with Crippen LogP contribution in [0.2, 0.25) is 0 Å². The molecule has 0 atom stereocenters. The minimum atomic E-state index is 0.253. The van der Waals surface area contributed by atoms with E-state index in [1.807, 2.05) is 37.4 Å². The largest absolute Gasteiger partial charge is 0.344 e. The Morgan fingerprint density at radius 1 is 1.21 bits per heavy atom. The van der Waals surface area contributed by atoms with Crippen LogP contribution in [-0.2, 0) is 0 Å². The molecule has 0 saturated carbocycles. The van der Waals surface area contributed by atoms with Gasteiger partial charge in [-0.05, 0) is 50.6 Å². The van der Waals surface area contributed by atoms with Crippen molar-refractivity contribution in [2.45, 2.75) is 26.8 Å². The van der Waals surface area contributed by atoms with Gasteiger partial charge in [0, 0.05) is 39.8 Å². The highest BCUT2D eigenvalue weighted by Gasteiger charge is 2.16. The molecule has 2 aromatic carbocycles. The van der Waals surface area contributed by atoms with E-state index in [0.717, 1.165) is 33.9 Å². The first-order chi connectivity index (χ1) is 13.5. The maximum Gasteiger partial charge on any atom is 0.258 e. The molecular weight excluding hydrogens is 352 g/mol. The fourth-order valence-electron chi connectivity index (χ4n) is 3.37. The molecular formula is C22H18N4O2. The van der Waals surface area contributed by atoms with E-state index < -0.39 is 0 Å². The van der Waals surface area contributed by atoms with E-state index in [2.05, 4.69) is 34.6 Å². The standard InChI is InChI=1S/C22H18N4O2/c1-13(2)26-11-17(10-23)19-9-16(5-7-20(19)26)22-24-21(25-28-22)18-6-4-15(12-27)8-14(18)3/h4-9,11-13H,1-3H3. The molecule has 138 valence electrons. The third-order valence-electron chi connectivity index (χ3n) is 4.81. The van der Waals surface area contributed by atoms with Crippen molar-refractivity contribution in [1.29, 1.82) is 5.26 Å². The third-order valence-corrected chi connectivity index (χ3v) is 4.81. The van der Waals surface area contributed by atoms with Gasteiger partial charge in [0.1, 0.15) is 12.4 Å². The van der Waals surface area contributed by atoms with Crippen LogP contribution in [0, 0.1) is 18.3 Å². The molecule has 0 radical (unpaired) electrons. The molecule has 4 aromatic rings. The number of nitriles is 1. The van der Waals surface area contributed by atoms with Gasteiger partial charge in [0.25, 0.3) is 5.89 Å². The van der Waals surface area contributed by atoms with E-state index in [1.165, 1.54) is 0 Å². The number of fused-ring (bicyclic) bond motifs is 1. The van der Waals surface area contributed by atoms with Gasteiger partial charge < -0.3 is 9.09 Å². The summed E-state index contributed by atoms with van der Waals surface area (Å²) in [5.74, 6) is 0.849. The summed E-state index contributed by atoms with van der Waals surface area (Å²) >= 11 is 0. The molecule has 6 heteroatoms. The Labute approximate surface area is 162 Å². The van der Waals surface area contributed by atoms with Gasteiger partial charge in [-0.2, -0.15) is 10.2 Å². The van der Waals surface area contributed by atoms with Crippen molar-refractivity contribution in [3.8, 4) is 28.9 Å². The van der Waals surface area contributed by atoms with E-state index >= 15 is 0 Å². The number of rotatable bonds is 4. The minimum Gasteiger partial charge on any atom is -0.344 e. The summed E-state index contributed by atoms with van der Waals surface area (Å²) < 4.78 is 7.55. The SMILES string of the molecule is Cc1cc(C=O)ccc1-c1noc(-c2ccc3c(c2)c(C#N)cn3C(C)C)n1. The van der Waals surface area contributed by atoms with E-state index in [-0.39, 0.29) is 6.04 Å². The third kappa shape index (κ3) is 2.87. The normalized spacial score (nSPS) is 11.1. The average molecular weight is 370 g/mol. The highest BCUT2D eigenvalue weighted by atomic mass is 16.5. The zero-order chi connectivity index (χ0) is 19.8. The van der Waals surface area contributed by atoms with E-state index in [1.54, 1.807) is 12.1 Å². The van der Waals surface area contributed by atoms with Crippen molar-refractivity contribution in [2.75, 3.05) is 0 Å². The van der Waals surface area contributed by atoms with Crippen LogP contribution < -0.4 is 0 Å². The summed E-state index contributed by atoms with van der Waals surface area (Å²) in [5, 5.41) is 14.4. The number of carbonyl (C=O) groups excluding carboxylic acids is 1. The predicted octanol–water partition coefficient (Wildman–Crippen LogP) is 4.93. The lowest BCUT2D eigenvalue weighted by molar-refractivity contribution is 0.112. The monoisotopic (exact) mass is 370 g/mol. The van der Waals surface area contributed by atoms with Gasteiger partial charge in [-0.1, -0.05) is 17.3 Å². The summed E-state index contributed by atoms with van der Waals surface area (Å²) in [6.45, 7) is 6.06. The van der Waals surface area contributed by atoms with Gasteiger partial charge >= 0.3 is 0 Å². The molecule has 28 heavy (non-hydrogen) atoms. The second-order valence-corrected chi connectivity index (χ2v) is 7.00. The van der Waals surface area contributed by atoms with Crippen LogP contribution >= 0.6 is 0 Å². The van der Waals surface area contributed by atoms with Crippen LogP contribution in [0.3, 0.4) is 0 Å². The summed E-state index contributed by atoms with van der Waals surface area (Å²) in [7, 11) is 0. The summed E-state index contributed by atoms with van der Waals surface area (Å²) in [5.41, 5.74) is 4.68. The zero-order valence-electron chi connectivity index (χ0n) is 15.8. The lowest BCUT2D eigenvalue weighted by Gasteiger charge is -2.08. The van der Waals surface area contributed by atoms with Crippen LogP contribution in [-0.4, -0.2) is 21.0 Å². The maximum absolute atomic E-state index is 10.9. The van der Waals surface area contributed by atoms with Gasteiger partial charge in [-0.15, -0.1) is 0 Å². The van der Waals surface area contributed by atoms with Gasteiger partial charge in [0.05, 0.1) is 5.56 Å². The fraction of sp³-hybridized carbons (Fsp3) is 0.182. The Morgan fingerprint density at radius 2 is 2.04 bits per heavy atom. The second kappa shape index (κ2) is 6.78. The fourth-order valence-corrected chi connectivity index (χ4v) is 3.37. The summed E-state index contributed by atoms with van der Waals surface area (Å²) in [6, 6.07) is 13.6. The molecule has 0 fully saturated rings. The molecule has 2 heterocycles. The Kier molecular flexibility index (Phi) is 4.28. The highest BCUT2D eigenvalue weighted by molar-refractivity contribution is 5.90. The number of carbonyl (C=O) groups is 1. The number of benzene rings is 2. The van der Waals surface area contributed by atoms with Crippen LogP contribution in [0.1, 0.15) is 41.4 Å². The van der Waals surface area contributed by atoms with Gasteiger partial charge in [0.15, 0.2) is 0 Å². The van der Waals surface area contributed by atoms with Gasteiger partial charge in [0.2, 0.25) is 5.82 Å². The minimum absolute atomic E-state index is 0.253. The van der Waals surface area contributed by atoms with E-state index in [0.29, 0.717) is 22.8 Å². The van der Waals surface area contributed by atoms with Crippen molar-refractivity contribution in [3.05, 3.63) is 59.3 Å². The Bertz CT molecular complexity index is 1240. The molecule has 6 nitrogen and oxygen atoms in total. The Hall–Kier alpha value is -3.72. The quantitative estimate of drug-likeness (QED) is 0.475. The molecule has 0 aliphatic carbocycles. The smallest absolute Gasteiger partial charge is 0.258 e. The maximum atomic E-state index is 10.9. The molecule has 2 aromatic heterocycles. The van der Waals surface area contributed by atoms with Crippen molar-refractivity contribution in [2.24, 2.45) is 0 Å². The number of nitrogens with zero attached hydrogens (tertiary/aromatic N) is 4. The average Bonchev–Trinajstić information content (AvgIpc) is 3.32. The van der Waals surface area contributed by atoms with Gasteiger partial charge in [-0.25, -0.2) is 0 Å². The number of hydrogen-bond donors (Lipinski definition) is 0. The lowest BCUT2D eigenvalue weighted by atomic mass is 10.1. The van der Waals surface area contributed by atoms with Crippen molar-refractivity contribution in [1.82, 2.24) is 14.7 Å². The number of aromatic nitrogens is 3. The first-order valence-corrected chi connectivity index (χ1v) is 8.96. The molecule has 0 aliphatic rings. The van der Waals surface area contributed by atoms with Crippen molar-refractivity contribution >= 4 is 17.2 Å². The molecule has 0 saturated heterocycles. The van der Waals surface area contributed by atoms with Crippen LogP contribution in [0.25, 0.3) is 33.7 Å². The highest BCUT2D eigenvalue weighted by Crippen LogP contribution is 2.30. The lowest BCUT2D eigenvalue weighted by Crippen LogP contribution is -1.97. The van der Waals surface area contributed by atoms with Crippen molar-refractivity contribution < 1.29 is 9.32 Å².